The van der Waals surface area contributed by atoms with Crippen molar-refractivity contribution in [2.24, 2.45) is 0 Å². The SMILES string of the molecule is CC(=O)c1ccc(NC(=O)COc2ccccc2-c2ccccc2)cc1. The predicted molar refractivity (Wildman–Crippen MR) is 102 cm³/mol. The average molecular weight is 345 g/mol. The third kappa shape index (κ3) is 4.36. The molecule has 0 aliphatic rings. The molecule has 0 aliphatic heterocycles. The van der Waals surface area contributed by atoms with Gasteiger partial charge in [-0.15, -0.1) is 0 Å². The molecule has 4 heteroatoms. The molecule has 0 saturated carbocycles. The number of anilines is 1. The number of Topliss-reactive ketones (excluding diaryl/α,β-unsaturated/α-hetero) is 1. The van der Waals surface area contributed by atoms with Gasteiger partial charge < -0.3 is 10.1 Å². The highest BCUT2D eigenvalue weighted by Crippen LogP contribution is 2.29. The van der Waals surface area contributed by atoms with Crippen LogP contribution in [0.1, 0.15) is 17.3 Å². The number of rotatable bonds is 6. The van der Waals surface area contributed by atoms with Crippen LogP contribution in [0.5, 0.6) is 5.75 Å². The molecule has 1 amide bonds. The van der Waals surface area contributed by atoms with Crippen LogP contribution in [0.2, 0.25) is 0 Å². The summed E-state index contributed by atoms with van der Waals surface area (Å²) in [7, 11) is 0. The number of nitrogens with one attached hydrogen (secondary N) is 1. The highest BCUT2D eigenvalue weighted by atomic mass is 16.5. The van der Waals surface area contributed by atoms with Crippen molar-refractivity contribution in [3.8, 4) is 16.9 Å². The number of hydrogen-bond donors (Lipinski definition) is 1. The second kappa shape index (κ2) is 8.12. The molecule has 1 N–H and O–H groups in total. The van der Waals surface area contributed by atoms with Gasteiger partial charge in [0.1, 0.15) is 5.75 Å². The van der Waals surface area contributed by atoms with Crippen LogP contribution in [0.25, 0.3) is 11.1 Å². The quantitative estimate of drug-likeness (QED) is 0.666. The Hall–Kier alpha value is -3.40. The highest BCUT2D eigenvalue weighted by Gasteiger charge is 2.09. The zero-order chi connectivity index (χ0) is 18.4. The lowest BCUT2D eigenvalue weighted by Crippen LogP contribution is -2.20. The molecule has 4 nitrogen and oxygen atoms in total. The van der Waals surface area contributed by atoms with E-state index in [9.17, 15) is 9.59 Å². The molecule has 0 bridgehead atoms. The van der Waals surface area contributed by atoms with E-state index in [0.717, 1.165) is 11.1 Å². The monoisotopic (exact) mass is 345 g/mol. The molecule has 0 aromatic heterocycles. The van der Waals surface area contributed by atoms with Crippen LogP contribution in [-0.2, 0) is 4.79 Å². The summed E-state index contributed by atoms with van der Waals surface area (Å²) in [4.78, 5) is 23.4. The molecule has 0 atom stereocenters. The van der Waals surface area contributed by atoms with Gasteiger partial charge in [0.25, 0.3) is 5.91 Å². The predicted octanol–water partition coefficient (Wildman–Crippen LogP) is 4.57. The molecule has 0 aliphatic carbocycles. The molecule has 0 spiro atoms. The third-order valence-electron chi connectivity index (χ3n) is 3.91. The number of carbonyl (C=O) groups is 2. The summed E-state index contributed by atoms with van der Waals surface area (Å²) >= 11 is 0. The lowest BCUT2D eigenvalue weighted by Gasteiger charge is -2.12. The van der Waals surface area contributed by atoms with E-state index < -0.39 is 0 Å². The van der Waals surface area contributed by atoms with Gasteiger partial charge in [-0.2, -0.15) is 0 Å². The first kappa shape index (κ1) is 17.4. The van der Waals surface area contributed by atoms with Crippen LogP contribution in [0, 0.1) is 0 Å². The number of benzene rings is 3. The van der Waals surface area contributed by atoms with E-state index >= 15 is 0 Å². The fourth-order valence-corrected chi connectivity index (χ4v) is 2.58. The van der Waals surface area contributed by atoms with E-state index in [1.165, 1.54) is 6.92 Å². The molecule has 26 heavy (non-hydrogen) atoms. The van der Waals surface area contributed by atoms with Gasteiger partial charge >= 0.3 is 0 Å². The molecule has 0 radical (unpaired) electrons. The second-order valence-corrected chi connectivity index (χ2v) is 5.83. The number of carbonyl (C=O) groups excluding carboxylic acids is 2. The number of amides is 1. The fraction of sp³-hybridized carbons (Fsp3) is 0.0909. The summed E-state index contributed by atoms with van der Waals surface area (Å²) in [6.45, 7) is 1.41. The van der Waals surface area contributed by atoms with Gasteiger partial charge in [0.2, 0.25) is 0 Å². The van der Waals surface area contributed by atoms with Gasteiger partial charge in [0.15, 0.2) is 12.4 Å². The Morgan fingerprint density at radius 2 is 1.50 bits per heavy atom. The van der Waals surface area contributed by atoms with Crippen LogP contribution < -0.4 is 10.1 Å². The van der Waals surface area contributed by atoms with Crippen LogP contribution >= 0.6 is 0 Å². The number of ketones is 1. The maximum absolute atomic E-state index is 12.1. The van der Waals surface area contributed by atoms with Crippen molar-refractivity contribution < 1.29 is 14.3 Å². The number of para-hydroxylation sites is 1. The minimum absolute atomic E-state index is 0.0104. The Balaban J connectivity index is 1.64. The molecule has 130 valence electrons. The van der Waals surface area contributed by atoms with Crippen molar-refractivity contribution in [2.45, 2.75) is 6.92 Å². The lowest BCUT2D eigenvalue weighted by atomic mass is 10.1. The average Bonchev–Trinajstić information content (AvgIpc) is 2.68. The van der Waals surface area contributed by atoms with Crippen LogP contribution in [0.15, 0.2) is 78.9 Å². The minimum Gasteiger partial charge on any atom is -0.483 e. The van der Waals surface area contributed by atoms with Gasteiger partial charge in [-0.3, -0.25) is 9.59 Å². The number of hydrogen-bond acceptors (Lipinski definition) is 3. The van der Waals surface area contributed by atoms with E-state index in [1.54, 1.807) is 24.3 Å². The lowest BCUT2D eigenvalue weighted by molar-refractivity contribution is -0.118. The Morgan fingerprint density at radius 1 is 0.846 bits per heavy atom. The van der Waals surface area contributed by atoms with Gasteiger partial charge in [0.05, 0.1) is 0 Å². The molecule has 3 aromatic rings. The Bertz CT molecular complexity index is 902. The first-order valence-electron chi connectivity index (χ1n) is 8.31. The van der Waals surface area contributed by atoms with Crippen molar-refractivity contribution in [1.82, 2.24) is 0 Å². The van der Waals surface area contributed by atoms with Gasteiger partial charge in [-0.05, 0) is 42.8 Å². The van der Waals surface area contributed by atoms with Crippen molar-refractivity contribution in [3.63, 3.8) is 0 Å². The van der Waals surface area contributed by atoms with Crippen molar-refractivity contribution in [2.75, 3.05) is 11.9 Å². The van der Waals surface area contributed by atoms with Crippen LogP contribution in [-0.4, -0.2) is 18.3 Å². The Labute approximate surface area is 152 Å². The Kier molecular flexibility index (Phi) is 5.44. The molecule has 0 unspecified atom stereocenters. The number of ether oxygens (including phenoxy) is 1. The maximum Gasteiger partial charge on any atom is 0.262 e. The summed E-state index contributed by atoms with van der Waals surface area (Å²) in [5, 5.41) is 2.76. The maximum atomic E-state index is 12.1. The third-order valence-corrected chi connectivity index (χ3v) is 3.91. The molecular weight excluding hydrogens is 326 g/mol. The van der Waals surface area contributed by atoms with E-state index in [2.05, 4.69) is 5.32 Å². The molecule has 3 aromatic carbocycles. The van der Waals surface area contributed by atoms with Gasteiger partial charge in [-0.1, -0.05) is 48.5 Å². The van der Waals surface area contributed by atoms with Gasteiger partial charge in [0, 0.05) is 16.8 Å². The van der Waals surface area contributed by atoms with Crippen LogP contribution in [0.4, 0.5) is 5.69 Å². The molecule has 0 heterocycles. The first-order valence-corrected chi connectivity index (χ1v) is 8.31. The standard InChI is InChI=1S/C22H19NO3/c1-16(24)17-11-13-19(14-12-17)23-22(25)15-26-21-10-6-5-9-20(21)18-7-3-2-4-8-18/h2-14H,15H2,1H3,(H,23,25). The van der Waals surface area contributed by atoms with Crippen molar-refractivity contribution >= 4 is 17.4 Å². The van der Waals surface area contributed by atoms with Crippen molar-refractivity contribution in [3.05, 3.63) is 84.4 Å². The topological polar surface area (TPSA) is 55.4 Å². The highest BCUT2D eigenvalue weighted by molar-refractivity contribution is 5.96. The normalized spacial score (nSPS) is 10.2. The van der Waals surface area contributed by atoms with E-state index in [1.807, 2.05) is 54.6 Å². The van der Waals surface area contributed by atoms with Crippen LogP contribution in [0.3, 0.4) is 0 Å². The smallest absolute Gasteiger partial charge is 0.262 e. The van der Waals surface area contributed by atoms with E-state index in [-0.39, 0.29) is 18.3 Å². The molecule has 3 rings (SSSR count). The summed E-state index contributed by atoms with van der Waals surface area (Å²) in [5.41, 5.74) is 3.20. The zero-order valence-corrected chi connectivity index (χ0v) is 14.4. The minimum atomic E-state index is -0.261. The summed E-state index contributed by atoms with van der Waals surface area (Å²) in [6.07, 6.45) is 0. The first-order chi connectivity index (χ1) is 12.6. The zero-order valence-electron chi connectivity index (χ0n) is 14.4. The largest absolute Gasteiger partial charge is 0.483 e. The van der Waals surface area contributed by atoms with E-state index in [0.29, 0.717) is 17.0 Å². The summed E-state index contributed by atoms with van der Waals surface area (Å²) < 4.78 is 5.72. The van der Waals surface area contributed by atoms with Gasteiger partial charge in [-0.25, -0.2) is 0 Å². The summed E-state index contributed by atoms with van der Waals surface area (Å²) in [6, 6.07) is 24.3. The Morgan fingerprint density at radius 3 is 2.19 bits per heavy atom. The summed E-state index contributed by atoms with van der Waals surface area (Å²) in [5.74, 6) is 0.382. The molecular formula is C22H19NO3. The second-order valence-electron chi connectivity index (χ2n) is 5.83. The van der Waals surface area contributed by atoms with Crippen molar-refractivity contribution in [1.29, 1.82) is 0 Å². The molecule has 0 fully saturated rings. The fourth-order valence-electron chi connectivity index (χ4n) is 2.58. The van der Waals surface area contributed by atoms with E-state index in [4.69, 9.17) is 4.74 Å². The molecule has 0 saturated heterocycles.